The lowest BCUT2D eigenvalue weighted by Crippen LogP contribution is -2.09. The summed E-state index contributed by atoms with van der Waals surface area (Å²) in [6, 6.07) is 3.92. The van der Waals surface area contributed by atoms with Crippen molar-refractivity contribution in [2.45, 2.75) is 33.4 Å². The molecule has 2 aromatic rings. The number of rotatable bonds is 7. The van der Waals surface area contributed by atoms with Gasteiger partial charge < -0.3 is 14.8 Å². The maximum absolute atomic E-state index is 5.80. The van der Waals surface area contributed by atoms with Crippen LogP contribution in [0.4, 0.5) is 5.95 Å². The predicted molar refractivity (Wildman–Crippen MR) is 82.6 cm³/mol. The lowest BCUT2D eigenvalue weighted by Gasteiger charge is -2.17. The molecule has 0 amide bonds. The fraction of sp³-hybridized carbons (Fsp3) is 0.462. The largest absolute Gasteiger partial charge is 0.490 e. The Morgan fingerprint density at radius 1 is 1.38 bits per heavy atom. The maximum atomic E-state index is 5.80. The Morgan fingerprint density at radius 3 is 2.81 bits per heavy atom. The van der Waals surface area contributed by atoms with E-state index in [2.05, 4.69) is 41.9 Å². The number of nitrogens with one attached hydrogen (secondary N) is 2. The molecule has 0 atom stereocenters. The summed E-state index contributed by atoms with van der Waals surface area (Å²) in [5, 5.41) is 16.6. The Morgan fingerprint density at radius 2 is 2.19 bits per heavy atom. The van der Waals surface area contributed by atoms with Gasteiger partial charge in [0.1, 0.15) is 0 Å². The SMILES string of the molecule is CCOc1cc(CNc2nn[nH]n2)cc(Br)c1OC(C)C. The highest BCUT2D eigenvalue weighted by molar-refractivity contribution is 9.10. The highest BCUT2D eigenvalue weighted by atomic mass is 79.9. The molecule has 1 aromatic heterocycles. The first kappa shape index (κ1) is 15.6. The van der Waals surface area contributed by atoms with E-state index >= 15 is 0 Å². The molecule has 0 saturated carbocycles. The summed E-state index contributed by atoms with van der Waals surface area (Å²) in [4.78, 5) is 0. The van der Waals surface area contributed by atoms with Crippen LogP contribution in [0.15, 0.2) is 16.6 Å². The zero-order valence-electron chi connectivity index (χ0n) is 12.2. The molecule has 8 heteroatoms. The van der Waals surface area contributed by atoms with Crippen LogP contribution in [0.2, 0.25) is 0 Å². The number of nitrogens with zero attached hydrogens (tertiary/aromatic N) is 3. The lowest BCUT2D eigenvalue weighted by molar-refractivity contribution is 0.222. The molecule has 0 bridgehead atoms. The Kier molecular flexibility index (Phi) is 5.38. The van der Waals surface area contributed by atoms with Crippen LogP contribution in [0.3, 0.4) is 0 Å². The standard InChI is InChI=1S/C13H18BrN5O2/c1-4-20-11-6-9(7-15-13-16-18-19-17-13)5-10(14)12(11)21-8(2)3/h5-6,8H,4,7H2,1-3H3,(H2,15,16,17,18,19). The zero-order chi connectivity index (χ0) is 15.2. The van der Waals surface area contributed by atoms with E-state index in [-0.39, 0.29) is 6.10 Å². The fourth-order valence-electron chi connectivity index (χ4n) is 1.75. The number of anilines is 1. The summed E-state index contributed by atoms with van der Waals surface area (Å²) in [5.41, 5.74) is 1.02. The van der Waals surface area contributed by atoms with Gasteiger partial charge in [-0.2, -0.15) is 5.21 Å². The minimum atomic E-state index is 0.0730. The van der Waals surface area contributed by atoms with Crippen molar-refractivity contribution in [3.8, 4) is 11.5 Å². The monoisotopic (exact) mass is 355 g/mol. The van der Waals surface area contributed by atoms with Gasteiger partial charge in [0.15, 0.2) is 11.5 Å². The fourth-order valence-corrected chi connectivity index (χ4v) is 2.34. The summed E-state index contributed by atoms with van der Waals surface area (Å²) in [6.07, 6.45) is 0.0730. The van der Waals surface area contributed by atoms with Crippen molar-refractivity contribution in [3.63, 3.8) is 0 Å². The number of benzene rings is 1. The van der Waals surface area contributed by atoms with Crippen molar-refractivity contribution in [1.82, 2.24) is 20.6 Å². The third kappa shape index (κ3) is 4.32. The van der Waals surface area contributed by atoms with Crippen molar-refractivity contribution in [2.24, 2.45) is 0 Å². The van der Waals surface area contributed by atoms with E-state index in [9.17, 15) is 0 Å². The number of hydrogen-bond donors (Lipinski definition) is 2. The molecule has 0 aliphatic rings. The average molecular weight is 356 g/mol. The van der Waals surface area contributed by atoms with E-state index in [1.165, 1.54) is 0 Å². The first-order chi connectivity index (χ1) is 10.1. The number of hydrogen-bond acceptors (Lipinski definition) is 6. The van der Waals surface area contributed by atoms with Crippen molar-refractivity contribution >= 4 is 21.9 Å². The smallest absolute Gasteiger partial charge is 0.263 e. The highest BCUT2D eigenvalue weighted by Gasteiger charge is 2.13. The van der Waals surface area contributed by atoms with E-state index in [4.69, 9.17) is 9.47 Å². The quantitative estimate of drug-likeness (QED) is 0.794. The third-order valence-electron chi connectivity index (χ3n) is 2.52. The molecule has 2 rings (SSSR count). The van der Waals surface area contributed by atoms with Crippen LogP contribution >= 0.6 is 15.9 Å². The molecule has 114 valence electrons. The van der Waals surface area contributed by atoms with Gasteiger partial charge in [0, 0.05) is 6.54 Å². The molecule has 0 aliphatic carbocycles. The lowest BCUT2D eigenvalue weighted by atomic mass is 10.2. The van der Waals surface area contributed by atoms with Gasteiger partial charge in [-0.05, 0) is 59.6 Å². The van der Waals surface area contributed by atoms with Gasteiger partial charge in [-0.1, -0.05) is 5.10 Å². The molecule has 21 heavy (non-hydrogen) atoms. The number of H-pyrrole nitrogens is 1. The molecule has 1 heterocycles. The van der Waals surface area contributed by atoms with Crippen LogP contribution in [0.1, 0.15) is 26.3 Å². The van der Waals surface area contributed by atoms with Crippen LogP contribution in [0.5, 0.6) is 11.5 Å². The molecule has 0 fully saturated rings. The van der Waals surface area contributed by atoms with Crippen molar-refractivity contribution in [1.29, 1.82) is 0 Å². The van der Waals surface area contributed by atoms with E-state index < -0.39 is 0 Å². The molecular formula is C13H18BrN5O2. The number of aromatic amines is 1. The van der Waals surface area contributed by atoms with Gasteiger partial charge in [-0.3, -0.25) is 0 Å². The Hall–Kier alpha value is -1.83. The van der Waals surface area contributed by atoms with Gasteiger partial charge in [-0.15, -0.1) is 5.10 Å². The van der Waals surface area contributed by atoms with Gasteiger partial charge in [-0.25, -0.2) is 0 Å². The second-order valence-electron chi connectivity index (χ2n) is 4.59. The molecule has 0 saturated heterocycles. The van der Waals surface area contributed by atoms with Crippen molar-refractivity contribution in [2.75, 3.05) is 11.9 Å². The first-order valence-corrected chi connectivity index (χ1v) is 7.48. The average Bonchev–Trinajstić information content (AvgIpc) is 2.93. The van der Waals surface area contributed by atoms with Crippen LogP contribution in [0, 0.1) is 0 Å². The van der Waals surface area contributed by atoms with E-state index in [0.29, 0.717) is 24.8 Å². The number of aromatic nitrogens is 4. The number of tetrazole rings is 1. The summed E-state index contributed by atoms with van der Waals surface area (Å²) < 4.78 is 12.3. The van der Waals surface area contributed by atoms with E-state index in [0.717, 1.165) is 15.8 Å². The molecule has 0 spiro atoms. The Balaban J connectivity index is 2.18. The second-order valence-corrected chi connectivity index (χ2v) is 5.45. The predicted octanol–water partition coefficient (Wildman–Crippen LogP) is 2.76. The molecule has 0 aliphatic heterocycles. The molecular weight excluding hydrogens is 338 g/mol. The van der Waals surface area contributed by atoms with Gasteiger partial charge in [0.25, 0.3) is 5.95 Å². The van der Waals surface area contributed by atoms with Gasteiger partial charge in [0.2, 0.25) is 0 Å². The number of halogens is 1. The topological polar surface area (TPSA) is 85.0 Å². The van der Waals surface area contributed by atoms with Gasteiger partial charge >= 0.3 is 0 Å². The Bertz CT molecular complexity index is 574. The zero-order valence-corrected chi connectivity index (χ0v) is 13.8. The summed E-state index contributed by atoms with van der Waals surface area (Å²) in [7, 11) is 0. The van der Waals surface area contributed by atoms with Crippen molar-refractivity contribution in [3.05, 3.63) is 22.2 Å². The Labute approximate surface area is 131 Å². The molecule has 2 N–H and O–H groups in total. The second kappa shape index (κ2) is 7.26. The van der Waals surface area contributed by atoms with Crippen LogP contribution in [-0.2, 0) is 6.54 Å². The highest BCUT2D eigenvalue weighted by Crippen LogP contribution is 2.37. The molecule has 0 radical (unpaired) electrons. The number of ether oxygens (including phenoxy) is 2. The molecule has 0 unspecified atom stereocenters. The molecule has 1 aromatic carbocycles. The summed E-state index contributed by atoms with van der Waals surface area (Å²) in [5.74, 6) is 1.88. The first-order valence-electron chi connectivity index (χ1n) is 6.69. The minimum absolute atomic E-state index is 0.0730. The van der Waals surface area contributed by atoms with E-state index in [1.807, 2.05) is 32.9 Å². The third-order valence-corrected chi connectivity index (χ3v) is 3.11. The van der Waals surface area contributed by atoms with Gasteiger partial charge in [0.05, 0.1) is 17.2 Å². The summed E-state index contributed by atoms with van der Waals surface area (Å²) in [6.45, 7) is 7.03. The molecule has 7 nitrogen and oxygen atoms in total. The van der Waals surface area contributed by atoms with E-state index in [1.54, 1.807) is 0 Å². The maximum Gasteiger partial charge on any atom is 0.263 e. The normalized spacial score (nSPS) is 10.7. The summed E-state index contributed by atoms with van der Waals surface area (Å²) >= 11 is 3.53. The van der Waals surface area contributed by atoms with Crippen LogP contribution in [0.25, 0.3) is 0 Å². The van der Waals surface area contributed by atoms with Crippen LogP contribution in [-0.4, -0.2) is 33.3 Å². The minimum Gasteiger partial charge on any atom is -0.490 e. The van der Waals surface area contributed by atoms with Crippen molar-refractivity contribution < 1.29 is 9.47 Å². The van der Waals surface area contributed by atoms with Crippen LogP contribution < -0.4 is 14.8 Å².